The largest absolute Gasteiger partial charge is 0.497 e. The summed E-state index contributed by atoms with van der Waals surface area (Å²) in [5.74, 6) is 1.91. The van der Waals surface area contributed by atoms with Crippen LogP contribution in [-0.2, 0) is 11.3 Å². The number of carbonyl (C=O) groups is 1. The van der Waals surface area contributed by atoms with Crippen LogP contribution in [-0.4, -0.2) is 36.0 Å². The Labute approximate surface area is 188 Å². The van der Waals surface area contributed by atoms with Crippen LogP contribution in [0.3, 0.4) is 0 Å². The smallest absolute Gasteiger partial charge is 0.266 e. The predicted molar refractivity (Wildman–Crippen MR) is 124 cm³/mol. The van der Waals surface area contributed by atoms with Gasteiger partial charge in [-0.1, -0.05) is 52.0 Å². The fourth-order valence-corrected chi connectivity index (χ4v) is 4.46. The molecular weight excluding hydrogens is 474 g/mol. The van der Waals surface area contributed by atoms with E-state index in [4.69, 9.17) is 26.4 Å². The van der Waals surface area contributed by atoms with E-state index in [0.717, 1.165) is 21.3 Å². The number of ether oxygens (including phenoxy) is 3. The molecule has 0 bridgehead atoms. The van der Waals surface area contributed by atoms with Gasteiger partial charge in [0.05, 0.1) is 32.3 Å². The topological polar surface area (TPSA) is 48.0 Å². The fourth-order valence-electron chi connectivity index (χ4n) is 2.78. The van der Waals surface area contributed by atoms with Crippen molar-refractivity contribution in [1.82, 2.24) is 4.90 Å². The van der Waals surface area contributed by atoms with Gasteiger partial charge < -0.3 is 14.2 Å². The van der Waals surface area contributed by atoms with Gasteiger partial charge in [-0.25, -0.2) is 0 Å². The molecule has 1 aliphatic rings. The van der Waals surface area contributed by atoms with Gasteiger partial charge in [0.2, 0.25) is 0 Å². The van der Waals surface area contributed by atoms with Crippen LogP contribution < -0.4 is 14.2 Å². The van der Waals surface area contributed by atoms with E-state index in [1.807, 2.05) is 49.4 Å². The normalized spacial score (nSPS) is 15.2. The monoisotopic (exact) mass is 493 g/mol. The van der Waals surface area contributed by atoms with Gasteiger partial charge in [0.15, 0.2) is 11.5 Å². The van der Waals surface area contributed by atoms with E-state index >= 15 is 0 Å². The van der Waals surface area contributed by atoms with E-state index in [9.17, 15) is 4.79 Å². The molecule has 0 spiro atoms. The summed E-state index contributed by atoms with van der Waals surface area (Å²) in [5.41, 5.74) is 1.80. The minimum absolute atomic E-state index is 0.114. The first-order valence-electron chi connectivity index (χ1n) is 8.85. The number of thiocarbonyl (C=S) groups is 1. The lowest BCUT2D eigenvalue weighted by Gasteiger charge is -2.14. The second-order valence-corrected chi connectivity index (χ2v) is 8.60. The van der Waals surface area contributed by atoms with E-state index < -0.39 is 0 Å². The van der Waals surface area contributed by atoms with E-state index in [0.29, 0.717) is 33.9 Å². The first-order valence-corrected chi connectivity index (χ1v) is 10.9. The molecule has 0 radical (unpaired) electrons. The van der Waals surface area contributed by atoms with Gasteiger partial charge in [-0.15, -0.1) is 0 Å². The van der Waals surface area contributed by atoms with Gasteiger partial charge >= 0.3 is 0 Å². The van der Waals surface area contributed by atoms with Crippen LogP contribution in [0.2, 0.25) is 0 Å². The van der Waals surface area contributed by atoms with Gasteiger partial charge in [0, 0.05) is 4.47 Å². The Balaban J connectivity index is 1.84. The summed E-state index contributed by atoms with van der Waals surface area (Å²) in [6.45, 7) is 2.84. The molecule has 5 nitrogen and oxygen atoms in total. The Morgan fingerprint density at radius 1 is 1.14 bits per heavy atom. The molecule has 3 rings (SSSR count). The molecule has 1 aliphatic heterocycles. The second-order valence-electron chi connectivity index (χ2n) is 6.07. The number of rotatable bonds is 7. The van der Waals surface area contributed by atoms with Crippen molar-refractivity contribution in [3.63, 3.8) is 0 Å². The summed E-state index contributed by atoms with van der Waals surface area (Å²) in [6, 6.07) is 11.3. The second kappa shape index (κ2) is 9.65. The summed E-state index contributed by atoms with van der Waals surface area (Å²) in [6.07, 6.45) is 1.82. The van der Waals surface area contributed by atoms with Crippen LogP contribution in [0.15, 0.2) is 45.8 Å². The minimum atomic E-state index is -0.114. The number of hydrogen-bond acceptors (Lipinski definition) is 6. The fraction of sp³-hybridized carbons (Fsp3) is 0.238. The van der Waals surface area contributed by atoms with E-state index in [2.05, 4.69) is 15.9 Å². The van der Waals surface area contributed by atoms with Crippen LogP contribution in [0, 0.1) is 0 Å². The molecule has 0 saturated carbocycles. The maximum Gasteiger partial charge on any atom is 0.266 e. The first-order chi connectivity index (χ1) is 14.0. The molecular formula is C21H20BrNO4S2. The van der Waals surface area contributed by atoms with Crippen molar-refractivity contribution < 1.29 is 19.0 Å². The number of hydrogen-bond donors (Lipinski definition) is 0. The van der Waals surface area contributed by atoms with Crippen molar-refractivity contribution in [3.05, 3.63) is 56.9 Å². The van der Waals surface area contributed by atoms with Gasteiger partial charge in [-0.3, -0.25) is 9.69 Å². The van der Waals surface area contributed by atoms with Crippen molar-refractivity contribution in [2.24, 2.45) is 0 Å². The maximum absolute atomic E-state index is 12.9. The first kappa shape index (κ1) is 21.7. The molecule has 1 heterocycles. The number of thioether (sulfide) groups is 1. The Bertz CT molecular complexity index is 960. The molecule has 2 aromatic rings. The Morgan fingerprint density at radius 2 is 1.86 bits per heavy atom. The zero-order valence-electron chi connectivity index (χ0n) is 16.2. The summed E-state index contributed by atoms with van der Waals surface area (Å²) in [4.78, 5) is 15.1. The van der Waals surface area contributed by atoms with Gasteiger partial charge in [-0.2, -0.15) is 0 Å². The zero-order valence-corrected chi connectivity index (χ0v) is 19.4. The lowest BCUT2D eigenvalue weighted by molar-refractivity contribution is -0.122. The van der Waals surface area contributed by atoms with Crippen LogP contribution in [0.5, 0.6) is 17.2 Å². The van der Waals surface area contributed by atoms with Crippen molar-refractivity contribution in [2.75, 3.05) is 20.8 Å². The number of methoxy groups -OCH3 is 2. The number of halogens is 1. The maximum atomic E-state index is 12.9. The molecule has 0 unspecified atom stereocenters. The molecule has 1 amide bonds. The lowest BCUT2D eigenvalue weighted by Crippen LogP contribution is -2.27. The van der Waals surface area contributed by atoms with E-state index in [1.165, 1.54) is 11.8 Å². The highest BCUT2D eigenvalue weighted by Crippen LogP contribution is 2.38. The number of amides is 1. The Kier molecular flexibility index (Phi) is 7.21. The van der Waals surface area contributed by atoms with E-state index in [1.54, 1.807) is 19.1 Å². The average Bonchev–Trinajstić information content (AvgIpc) is 2.98. The minimum Gasteiger partial charge on any atom is -0.497 e. The highest BCUT2D eigenvalue weighted by Gasteiger charge is 2.32. The van der Waals surface area contributed by atoms with Crippen LogP contribution in [0.1, 0.15) is 18.1 Å². The third kappa shape index (κ3) is 4.94. The highest BCUT2D eigenvalue weighted by atomic mass is 79.9. The van der Waals surface area contributed by atoms with Crippen molar-refractivity contribution in [3.8, 4) is 17.2 Å². The van der Waals surface area contributed by atoms with E-state index in [-0.39, 0.29) is 5.91 Å². The lowest BCUT2D eigenvalue weighted by atomic mass is 10.1. The molecule has 2 aromatic carbocycles. The highest BCUT2D eigenvalue weighted by molar-refractivity contribution is 9.10. The third-order valence-electron chi connectivity index (χ3n) is 4.24. The molecule has 0 atom stereocenters. The summed E-state index contributed by atoms with van der Waals surface area (Å²) in [7, 11) is 3.21. The average molecular weight is 494 g/mol. The SMILES string of the molecule is CCOc1cc(/C=C2\SC(=S)N(Cc3ccc(OC)cc3)C2=O)c(Br)cc1OC. The summed E-state index contributed by atoms with van der Waals surface area (Å²) < 4.78 is 17.5. The molecule has 0 aliphatic carbocycles. The molecule has 0 N–H and O–H groups in total. The predicted octanol–water partition coefficient (Wildman–Crippen LogP) is 5.27. The van der Waals surface area contributed by atoms with Gasteiger partial charge in [0.1, 0.15) is 10.1 Å². The van der Waals surface area contributed by atoms with Crippen LogP contribution in [0.4, 0.5) is 0 Å². The van der Waals surface area contributed by atoms with Crippen molar-refractivity contribution >= 4 is 56.2 Å². The molecule has 8 heteroatoms. The Morgan fingerprint density at radius 3 is 2.48 bits per heavy atom. The summed E-state index contributed by atoms with van der Waals surface area (Å²) in [5, 5.41) is 0. The molecule has 1 saturated heterocycles. The van der Waals surface area contributed by atoms with Gasteiger partial charge in [0.25, 0.3) is 5.91 Å². The number of carbonyl (C=O) groups excluding carboxylic acids is 1. The number of nitrogens with zero attached hydrogens (tertiary/aromatic N) is 1. The van der Waals surface area contributed by atoms with Crippen LogP contribution in [0.25, 0.3) is 6.08 Å². The quantitative estimate of drug-likeness (QED) is 0.386. The molecule has 1 fully saturated rings. The molecule has 29 heavy (non-hydrogen) atoms. The third-order valence-corrected chi connectivity index (χ3v) is 6.31. The number of benzene rings is 2. The standard InChI is InChI=1S/C21H20BrNO4S2/c1-4-27-18-9-14(16(22)11-17(18)26-3)10-19-20(24)23(21(28)29-19)12-13-5-7-15(25-2)8-6-13/h5-11H,4,12H2,1-3H3/b19-10-. The Hall–Kier alpha value is -2.03. The van der Waals surface area contributed by atoms with Crippen molar-refractivity contribution in [2.45, 2.75) is 13.5 Å². The molecule has 152 valence electrons. The molecule has 0 aromatic heterocycles. The van der Waals surface area contributed by atoms with Crippen LogP contribution >= 0.6 is 39.9 Å². The summed E-state index contributed by atoms with van der Waals surface area (Å²) >= 11 is 10.3. The van der Waals surface area contributed by atoms with Gasteiger partial charge in [-0.05, 0) is 48.4 Å². The zero-order chi connectivity index (χ0) is 21.0. The van der Waals surface area contributed by atoms with Crippen molar-refractivity contribution in [1.29, 1.82) is 0 Å².